The van der Waals surface area contributed by atoms with Gasteiger partial charge in [0.2, 0.25) is 0 Å². The molecule has 3 rings (SSSR count). The summed E-state index contributed by atoms with van der Waals surface area (Å²) in [6.07, 6.45) is -3.07. The summed E-state index contributed by atoms with van der Waals surface area (Å²) in [7, 11) is 0. The molecular weight excluding hydrogens is 472 g/mol. The first-order valence-electron chi connectivity index (χ1n) is 11.1. The standard InChI is InChI=1S/C22H26F4N6O3/c1-4-6-7-32-18-17(20(34)30-21(32)35)31(5-2)16(29-18)10-27-15-9-13(8-14(23)12(15)3)19(33)28-11-22(24,25)26/h8-9,27H,4-7,10-11H2,1-3H3,(H,28,33)(H,30,34,35). The highest BCUT2D eigenvalue weighted by Crippen LogP contribution is 2.23. The Labute approximate surface area is 197 Å². The maximum atomic E-state index is 14.4. The molecule has 190 valence electrons. The van der Waals surface area contributed by atoms with Crippen molar-refractivity contribution in [3.05, 3.63) is 55.7 Å². The predicted octanol–water partition coefficient (Wildman–Crippen LogP) is 3.06. The van der Waals surface area contributed by atoms with Crippen LogP contribution in [-0.4, -0.2) is 37.7 Å². The highest BCUT2D eigenvalue weighted by Gasteiger charge is 2.28. The van der Waals surface area contributed by atoms with E-state index >= 15 is 0 Å². The Kier molecular flexibility index (Phi) is 7.66. The van der Waals surface area contributed by atoms with E-state index in [1.165, 1.54) is 17.6 Å². The number of aryl methyl sites for hydroxylation is 2. The molecule has 0 saturated carbocycles. The molecule has 0 aliphatic rings. The number of halogens is 4. The third-order valence-electron chi connectivity index (χ3n) is 5.51. The molecule has 13 heteroatoms. The number of alkyl halides is 3. The molecule has 0 spiro atoms. The molecule has 0 radical (unpaired) electrons. The first-order chi connectivity index (χ1) is 16.5. The van der Waals surface area contributed by atoms with Crippen molar-refractivity contribution in [2.75, 3.05) is 11.9 Å². The number of hydrogen-bond donors (Lipinski definition) is 3. The number of carbonyl (C=O) groups is 1. The molecule has 0 atom stereocenters. The smallest absolute Gasteiger partial charge is 0.377 e. The van der Waals surface area contributed by atoms with Gasteiger partial charge in [-0.2, -0.15) is 13.2 Å². The molecule has 0 aliphatic heterocycles. The van der Waals surface area contributed by atoms with Crippen molar-refractivity contribution in [2.45, 2.75) is 59.4 Å². The number of H-pyrrole nitrogens is 1. The number of fused-ring (bicyclic) bond motifs is 1. The third kappa shape index (κ3) is 5.72. The van der Waals surface area contributed by atoms with Crippen molar-refractivity contribution in [1.29, 1.82) is 0 Å². The van der Waals surface area contributed by atoms with E-state index in [-0.39, 0.29) is 34.5 Å². The van der Waals surface area contributed by atoms with Crippen molar-refractivity contribution in [3.63, 3.8) is 0 Å². The van der Waals surface area contributed by atoms with E-state index in [9.17, 15) is 31.9 Å². The Bertz CT molecular complexity index is 1360. The van der Waals surface area contributed by atoms with E-state index in [4.69, 9.17) is 0 Å². The van der Waals surface area contributed by atoms with Crippen LogP contribution in [0.25, 0.3) is 11.2 Å². The molecule has 3 N–H and O–H groups in total. The summed E-state index contributed by atoms with van der Waals surface area (Å²) in [4.78, 5) is 43.8. The summed E-state index contributed by atoms with van der Waals surface area (Å²) in [6.45, 7) is 4.39. The maximum absolute atomic E-state index is 14.4. The van der Waals surface area contributed by atoms with Gasteiger partial charge >= 0.3 is 11.9 Å². The van der Waals surface area contributed by atoms with Gasteiger partial charge in [-0.3, -0.25) is 19.1 Å². The summed E-state index contributed by atoms with van der Waals surface area (Å²) in [5, 5.41) is 4.66. The number of benzene rings is 1. The van der Waals surface area contributed by atoms with Crippen LogP contribution in [0.3, 0.4) is 0 Å². The number of nitrogens with zero attached hydrogens (tertiary/aromatic N) is 3. The molecule has 0 bridgehead atoms. The first-order valence-corrected chi connectivity index (χ1v) is 11.1. The molecule has 0 fully saturated rings. The lowest BCUT2D eigenvalue weighted by molar-refractivity contribution is -0.123. The van der Waals surface area contributed by atoms with E-state index < -0.39 is 35.7 Å². The molecular formula is C22H26F4N6O3. The topological polar surface area (TPSA) is 114 Å². The highest BCUT2D eigenvalue weighted by atomic mass is 19.4. The zero-order valence-corrected chi connectivity index (χ0v) is 19.5. The van der Waals surface area contributed by atoms with Gasteiger partial charge in [0.1, 0.15) is 18.2 Å². The zero-order chi connectivity index (χ0) is 25.9. The van der Waals surface area contributed by atoms with Gasteiger partial charge in [-0.25, -0.2) is 14.2 Å². The minimum absolute atomic E-state index is 0.00215. The lowest BCUT2D eigenvalue weighted by Gasteiger charge is -2.14. The van der Waals surface area contributed by atoms with Gasteiger partial charge in [-0.1, -0.05) is 13.3 Å². The number of unbranched alkanes of at least 4 members (excludes halogenated alkanes) is 1. The largest absolute Gasteiger partial charge is 0.405 e. The van der Waals surface area contributed by atoms with Gasteiger partial charge in [0.15, 0.2) is 11.2 Å². The van der Waals surface area contributed by atoms with Crippen molar-refractivity contribution in [1.82, 2.24) is 24.4 Å². The van der Waals surface area contributed by atoms with Crippen LogP contribution in [0.15, 0.2) is 21.7 Å². The number of hydrogen-bond acceptors (Lipinski definition) is 5. The monoisotopic (exact) mass is 498 g/mol. The van der Waals surface area contributed by atoms with Crippen LogP contribution < -0.4 is 21.9 Å². The molecule has 0 aliphatic carbocycles. The fraction of sp³-hybridized carbons (Fsp3) is 0.455. The molecule has 1 aromatic carbocycles. The summed E-state index contributed by atoms with van der Waals surface area (Å²) in [5.74, 6) is -1.46. The first kappa shape index (κ1) is 26.0. The summed E-state index contributed by atoms with van der Waals surface area (Å²) >= 11 is 0. The minimum Gasteiger partial charge on any atom is -0.377 e. The lowest BCUT2D eigenvalue weighted by atomic mass is 10.1. The summed E-state index contributed by atoms with van der Waals surface area (Å²) in [5.41, 5.74) is -0.648. The number of aromatic amines is 1. The van der Waals surface area contributed by atoms with Gasteiger partial charge in [0, 0.05) is 29.9 Å². The van der Waals surface area contributed by atoms with Crippen molar-refractivity contribution in [3.8, 4) is 0 Å². The van der Waals surface area contributed by atoms with Crippen LogP contribution in [0.2, 0.25) is 0 Å². The number of rotatable bonds is 9. The molecule has 3 aromatic rings. The van der Waals surface area contributed by atoms with Gasteiger partial charge < -0.3 is 15.2 Å². The Morgan fingerprint density at radius 1 is 1.17 bits per heavy atom. The number of amides is 1. The van der Waals surface area contributed by atoms with Gasteiger partial charge in [0.25, 0.3) is 11.5 Å². The average molecular weight is 498 g/mol. The number of aromatic nitrogens is 4. The van der Waals surface area contributed by atoms with Crippen LogP contribution in [-0.2, 0) is 19.6 Å². The molecule has 1 amide bonds. The van der Waals surface area contributed by atoms with E-state index in [1.54, 1.807) is 16.8 Å². The van der Waals surface area contributed by atoms with Crippen LogP contribution in [0.1, 0.15) is 48.4 Å². The second kappa shape index (κ2) is 10.3. The van der Waals surface area contributed by atoms with Gasteiger partial charge in [0.05, 0.1) is 6.54 Å². The number of carbonyl (C=O) groups excluding carboxylic acids is 1. The molecule has 35 heavy (non-hydrogen) atoms. The fourth-order valence-corrected chi connectivity index (χ4v) is 3.67. The quantitative estimate of drug-likeness (QED) is 0.393. The Morgan fingerprint density at radius 3 is 2.51 bits per heavy atom. The van der Waals surface area contributed by atoms with Crippen molar-refractivity contribution < 1.29 is 22.4 Å². The Balaban J connectivity index is 1.95. The van der Waals surface area contributed by atoms with Crippen LogP contribution >= 0.6 is 0 Å². The van der Waals surface area contributed by atoms with Crippen molar-refractivity contribution in [2.24, 2.45) is 0 Å². The lowest BCUT2D eigenvalue weighted by Crippen LogP contribution is -2.33. The molecule has 2 aromatic heterocycles. The van der Waals surface area contributed by atoms with E-state index in [2.05, 4.69) is 15.3 Å². The van der Waals surface area contributed by atoms with Crippen molar-refractivity contribution >= 4 is 22.8 Å². The maximum Gasteiger partial charge on any atom is 0.405 e. The average Bonchev–Trinajstić information content (AvgIpc) is 3.16. The van der Waals surface area contributed by atoms with Crippen LogP contribution in [0, 0.1) is 12.7 Å². The molecule has 2 heterocycles. The summed E-state index contributed by atoms with van der Waals surface area (Å²) < 4.78 is 54.7. The van der Waals surface area contributed by atoms with E-state index in [0.29, 0.717) is 25.3 Å². The number of imidazole rings is 1. The number of nitrogens with one attached hydrogen (secondary N) is 3. The van der Waals surface area contributed by atoms with Gasteiger partial charge in [-0.05, 0) is 32.4 Å². The molecule has 9 nitrogen and oxygen atoms in total. The van der Waals surface area contributed by atoms with E-state index in [1.807, 2.05) is 6.92 Å². The molecule has 0 unspecified atom stereocenters. The predicted molar refractivity (Wildman–Crippen MR) is 122 cm³/mol. The third-order valence-corrected chi connectivity index (χ3v) is 5.51. The van der Waals surface area contributed by atoms with Crippen LogP contribution in [0.4, 0.5) is 23.2 Å². The zero-order valence-electron chi connectivity index (χ0n) is 19.5. The fourth-order valence-electron chi connectivity index (χ4n) is 3.67. The SMILES string of the molecule is CCCCn1c(=O)[nH]c(=O)c2c1nc(CNc1cc(C(=O)NCC(F)(F)F)cc(F)c1C)n2CC. The molecule has 0 saturated heterocycles. The highest BCUT2D eigenvalue weighted by molar-refractivity contribution is 5.95. The van der Waals surface area contributed by atoms with E-state index in [0.717, 1.165) is 12.5 Å². The van der Waals surface area contributed by atoms with Gasteiger partial charge in [-0.15, -0.1) is 0 Å². The normalized spacial score (nSPS) is 11.7. The number of anilines is 1. The second-order valence-electron chi connectivity index (χ2n) is 7.99. The second-order valence-corrected chi connectivity index (χ2v) is 7.99. The Hall–Kier alpha value is -3.64. The Morgan fingerprint density at radius 2 is 1.89 bits per heavy atom. The van der Waals surface area contributed by atoms with Crippen LogP contribution in [0.5, 0.6) is 0 Å². The minimum atomic E-state index is -4.60. The summed E-state index contributed by atoms with van der Waals surface area (Å²) in [6, 6.07) is 2.10.